The van der Waals surface area contributed by atoms with Crippen molar-refractivity contribution in [1.29, 1.82) is 0 Å². The van der Waals surface area contributed by atoms with Gasteiger partial charge in [0.15, 0.2) is 5.82 Å². The molecule has 0 spiro atoms. The zero-order valence-electron chi connectivity index (χ0n) is 12.7. The number of hydrogen-bond donors (Lipinski definition) is 1. The predicted molar refractivity (Wildman–Crippen MR) is 88.6 cm³/mol. The Labute approximate surface area is 134 Å². The van der Waals surface area contributed by atoms with Crippen molar-refractivity contribution in [2.75, 3.05) is 36.4 Å². The van der Waals surface area contributed by atoms with E-state index in [-0.39, 0.29) is 6.03 Å². The van der Waals surface area contributed by atoms with Crippen LogP contribution < -0.4 is 10.2 Å². The Hall–Kier alpha value is -2.15. The van der Waals surface area contributed by atoms with Crippen molar-refractivity contribution in [3.05, 3.63) is 35.5 Å². The predicted octanol–water partition coefficient (Wildman–Crippen LogP) is 2.51. The summed E-state index contributed by atoms with van der Waals surface area (Å²) in [6.45, 7) is 7.05. The molecule has 1 fully saturated rings. The van der Waals surface area contributed by atoms with Gasteiger partial charge in [0.25, 0.3) is 0 Å². The van der Waals surface area contributed by atoms with E-state index >= 15 is 0 Å². The number of urea groups is 1. The van der Waals surface area contributed by atoms with Crippen LogP contribution in [-0.4, -0.2) is 45.9 Å². The Morgan fingerprint density at radius 1 is 1.18 bits per heavy atom. The zero-order chi connectivity index (χ0) is 15.5. The largest absolute Gasteiger partial charge is 0.351 e. The van der Waals surface area contributed by atoms with Crippen molar-refractivity contribution in [3.63, 3.8) is 0 Å². The summed E-state index contributed by atoms with van der Waals surface area (Å²) < 4.78 is 8.25. The van der Waals surface area contributed by atoms with E-state index in [0.717, 1.165) is 24.6 Å². The third-order valence-electron chi connectivity index (χ3n) is 4.00. The summed E-state index contributed by atoms with van der Waals surface area (Å²) in [5, 5.41) is 2.97. The Morgan fingerprint density at radius 2 is 1.95 bits per heavy atom. The average Bonchev–Trinajstić information content (AvgIpc) is 3.05. The second-order valence-electron chi connectivity index (χ2n) is 5.47. The Balaban J connectivity index is 1.56. The third-order valence-corrected chi connectivity index (χ3v) is 4.47. The van der Waals surface area contributed by atoms with E-state index in [4.69, 9.17) is 0 Å². The van der Waals surface area contributed by atoms with E-state index in [1.54, 1.807) is 6.20 Å². The van der Waals surface area contributed by atoms with E-state index in [9.17, 15) is 4.79 Å². The van der Waals surface area contributed by atoms with Crippen LogP contribution in [0.4, 0.5) is 16.3 Å². The number of amides is 2. The van der Waals surface area contributed by atoms with Gasteiger partial charge in [-0.15, -0.1) is 0 Å². The summed E-state index contributed by atoms with van der Waals surface area (Å²) in [6, 6.07) is 5.93. The van der Waals surface area contributed by atoms with E-state index < -0.39 is 0 Å². The number of nitrogens with one attached hydrogen (secondary N) is 1. The fraction of sp³-hybridized carbons (Fsp3) is 0.400. The number of rotatable bonds is 2. The summed E-state index contributed by atoms with van der Waals surface area (Å²) in [5.41, 5.74) is 3.25. The topological polar surface area (TPSA) is 61.4 Å². The molecule has 116 valence electrons. The molecule has 3 rings (SSSR count). The van der Waals surface area contributed by atoms with Crippen molar-refractivity contribution in [3.8, 4) is 0 Å². The molecule has 2 aromatic rings. The van der Waals surface area contributed by atoms with E-state index in [1.807, 2.05) is 30.0 Å². The number of carbonyl (C=O) groups excluding carboxylic acids is 1. The summed E-state index contributed by atoms with van der Waals surface area (Å²) in [4.78, 5) is 16.3. The Bertz CT molecular complexity index is 650. The highest BCUT2D eigenvalue weighted by Crippen LogP contribution is 2.16. The van der Waals surface area contributed by atoms with Crippen LogP contribution in [0.15, 0.2) is 24.4 Å². The highest BCUT2D eigenvalue weighted by molar-refractivity contribution is 6.99. The van der Waals surface area contributed by atoms with Gasteiger partial charge < -0.3 is 15.1 Å². The summed E-state index contributed by atoms with van der Waals surface area (Å²) >= 11 is 1.21. The van der Waals surface area contributed by atoms with Crippen LogP contribution in [-0.2, 0) is 0 Å². The van der Waals surface area contributed by atoms with Crippen LogP contribution >= 0.6 is 11.7 Å². The van der Waals surface area contributed by atoms with Crippen molar-refractivity contribution in [2.24, 2.45) is 0 Å². The first-order valence-corrected chi connectivity index (χ1v) is 8.02. The van der Waals surface area contributed by atoms with E-state index in [1.165, 1.54) is 22.9 Å². The molecule has 1 aliphatic heterocycles. The molecule has 1 saturated heterocycles. The smallest absolute Gasteiger partial charge is 0.321 e. The van der Waals surface area contributed by atoms with Gasteiger partial charge >= 0.3 is 6.03 Å². The molecule has 0 aliphatic carbocycles. The fourth-order valence-corrected chi connectivity index (χ4v) is 2.89. The van der Waals surface area contributed by atoms with Crippen LogP contribution in [0.3, 0.4) is 0 Å². The summed E-state index contributed by atoms with van der Waals surface area (Å²) in [7, 11) is 0. The number of anilines is 2. The van der Waals surface area contributed by atoms with Gasteiger partial charge in [0.05, 0.1) is 17.9 Å². The fourth-order valence-electron chi connectivity index (χ4n) is 2.46. The van der Waals surface area contributed by atoms with Crippen LogP contribution in [0.25, 0.3) is 0 Å². The molecule has 22 heavy (non-hydrogen) atoms. The molecule has 0 atom stereocenters. The van der Waals surface area contributed by atoms with Gasteiger partial charge in [-0.3, -0.25) is 0 Å². The molecular formula is C15H19N5OS. The first kappa shape index (κ1) is 14.8. The maximum absolute atomic E-state index is 12.3. The quantitative estimate of drug-likeness (QED) is 0.924. The van der Waals surface area contributed by atoms with Gasteiger partial charge in [-0.1, -0.05) is 6.07 Å². The number of aryl methyl sites for hydroxylation is 2. The number of piperazine rings is 1. The molecule has 1 aliphatic rings. The molecule has 1 aromatic heterocycles. The number of carbonyl (C=O) groups is 1. The molecule has 1 N–H and O–H groups in total. The monoisotopic (exact) mass is 317 g/mol. The minimum absolute atomic E-state index is 0.0423. The molecule has 0 radical (unpaired) electrons. The summed E-state index contributed by atoms with van der Waals surface area (Å²) in [6.07, 6.45) is 1.77. The van der Waals surface area contributed by atoms with Crippen LogP contribution in [0.2, 0.25) is 0 Å². The van der Waals surface area contributed by atoms with Gasteiger partial charge in [0.2, 0.25) is 0 Å². The molecule has 2 amide bonds. The maximum Gasteiger partial charge on any atom is 0.321 e. The molecule has 6 nitrogen and oxygen atoms in total. The van der Waals surface area contributed by atoms with Crippen molar-refractivity contribution < 1.29 is 4.79 Å². The van der Waals surface area contributed by atoms with Crippen molar-refractivity contribution in [1.82, 2.24) is 13.6 Å². The molecule has 2 heterocycles. The number of benzene rings is 1. The number of nitrogens with zero attached hydrogens (tertiary/aromatic N) is 4. The first-order valence-electron chi connectivity index (χ1n) is 7.29. The lowest BCUT2D eigenvalue weighted by molar-refractivity contribution is 0.208. The van der Waals surface area contributed by atoms with Crippen LogP contribution in [0, 0.1) is 13.8 Å². The lowest BCUT2D eigenvalue weighted by atomic mass is 10.1. The minimum Gasteiger partial charge on any atom is -0.351 e. The van der Waals surface area contributed by atoms with Gasteiger partial charge in [-0.2, -0.15) is 8.75 Å². The standard InChI is InChI=1S/C15H19N5OS/c1-11-3-4-13(9-12(11)2)17-15(21)20-7-5-19(6-8-20)14-10-16-22-18-14/h3-4,9-10H,5-8H2,1-2H3,(H,17,21). The second kappa shape index (κ2) is 6.31. The molecule has 0 bridgehead atoms. The van der Waals surface area contributed by atoms with E-state index in [2.05, 4.69) is 25.9 Å². The lowest BCUT2D eigenvalue weighted by Crippen LogP contribution is -2.50. The van der Waals surface area contributed by atoms with Crippen LogP contribution in [0.5, 0.6) is 0 Å². The molecule has 0 unspecified atom stereocenters. The second-order valence-corrected chi connectivity index (χ2v) is 6.03. The SMILES string of the molecule is Cc1ccc(NC(=O)N2CCN(c3cnsn3)CC2)cc1C. The van der Waals surface area contributed by atoms with Gasteiger partial charge in [0, 0.05) is 31.9 Å². The van der Waals surface area contributed by atoms with Crippen LogP contribution in [0.1, 0.15) is 11.1 Å². The van der Waals surface area contributed by atoms with Gasteiger partial charge in [-0.05, 0) is 37.1 Å². The Morgan fingerprint density at radius 3 is 2.59 bits per heavy atom. The normalized spacial score (nSPS) is 15.0. The maximum atomic E-state index is 12.3. The third kappa shape index (κ3) is 3.19. The molecule has 0 saturated carbocycles. The molecule has 7 heteroatoms. The van der Waals surface area contributed by atoms with Crippen molar-refractivity contribution >= 4 is 29.3 Å². The molecule has 1 aromatic carbocycles. The Kier molecular flexibility index (Phi) is 4.24. The molecular weight excluding hydrogens is 298 g/mol. The first-order chi connectivity index (χ1) is 10.6. The van der Waals surface area contributed by atoms with Crippen molar-refractivity contribution in [2.45, 2.75) is 13.8 Å². The zero-order valence-corrected chi connectivity index (χ0v) is 13.6. The van der Waals surface area contributed by atoms with E-state index in [0.29, 0.717) is 13.1 Å². The minimum atomic E-state index is -0.0423. The summed E-state index contributed by atoms with van der Waals surface area (Å²) in [5.74, 6) is 0.902. The average molecular weight is 317 g/mol. The number of aromatic nitrogens is 2. The van der Waals surface area contributed by atoms with Gasteiger partial charge in [0.1, 0.15) is 0 Å². The lowest BCUT2D eigenvalue weighted by Gasteiger charge is -2.34. The number of hydrogen-bond acceptors (Lipinski definition) is 5. The van der Waals surface area contributed by atoms with Gasteiger partial charge in [-0.25, -0.2) is 4.79 Å². The highest BCUT2D eigenvalue weighted by atomic mass is 32.1. The highest BCUT2D eigenvalue weighted by Gasteiger charge is 2.22.